The summed E-state index contributed by atoms with van der Waals surface area (Å²) in [5.41, 5.74) is 4.57. The maximum Gasteiger partial charge on any atom is 0.264 e. The molecule has 2 aliphatic heterocycles. The topological polar surface area (TPSA) is 203 Å². The van der Waals surface area contributed by atoms with E-state index in [-0.39, 0.29) is 42.3 Å². The molecule has 3 atom stereocenters. The smallest absolute Gasteiger partial charge is 0.264 e. The number of carbonyl (C=O) groups is 5. The van der Waals surface area contributed by atoms with E-state index in [2.05, 4.69) is 56.0 Å². The van der Waals surface area contributed by atoms with Crippen LogP contribution < -0.4 is 20.7 Å². The minimum atomic E-state index is -1.03. The number of aromatic nitrogens is 5. The Bertz CT molecular complexity index is 2790. The van der Waals surface area contributed by atoms with E-state index in [4.69, 9.17) is 21.3 Å². The summed E-state index contributed by atoms with van der Waals surface area (Å²) >= 11 is 7.75. The summed E-state index contributed by atoms with van der Waals surface area (Å²) in [5.74, 6) is -0.156. The van der Waals surface area contributed by atoms with Crippen LogP contribution in [0.25, 0.3) is 16.4 Å². The normalized spacial score (nSPS) is 15.8. The number of nitrogens with one attached hydrogen (secondary N) is 3. The van der Waals surface area contributed by atoms with E-state index in [1.807, 2.05) is 54.8 Å². The molecule has 332 valence electrons. The maximum atomic E-state index is 13.7. The Morgan fingerprint density at radius 3 is 2.46 bits per heavy atom. The molecule has 1 saturated heterocycles. The third kappa shape index (κ3) is 9.85. The quantitative estimate of drug-likeness (QED) is 0.0509. The minimum absolute atomic E-state index is 0.0395. The molecular weight excluding hydrogens is 868 g/mol. The van der Waals surface area contributed by atoms with Gasteiger partial charge in [-0.3, -0.25) is 43.7 Å². The molecular formula is C47H45ClN10O6S. The first-order chi connectivity index (χ1) is 31.3. The van der Waals surface area contributed by atoms with Crippen molar-refractivity contribution in [3.63, 3.8) is 0 Å². The van der Waals surface area contributed by atoms with Gasteiger partial charge in [-0.2, -0.15) is 0 Å². The molecule has 0 bridgehead atoms. The molecule has 3 N–H and O–H groups in total. The van der Waals surface area contributed by atoms with Crippen LogP contribution >= 0.6 is 22.9 Å². The second-order valence-corrected chi connectivity index (χ2v) is 17.4. The van der Waals surface area contributed by atoms with Crippen LogP contribution in [0, 0.1) is 20.8 Å². The summed E-state index contributed by atoms with van der Waals surface area (Å²) < 4.78 is 7.85. The lowest BCUT2D eigenvalue weighted by atomic mass is 10.0. The Morgan fingerprint density at radius 1 is 1.00 bits per heavy atom. The van der Waals surface area contributed by atoms with Gasteiger partial charge in [0, 0.05) is 40.3 Å². The van der Waals surface area contributed by atoms with Crippen molar-refractivity contribution in [3.8, 4) is 22.1 Å². The van der Waals surface area contributed by atoms with Crippen LogP contribution in [0.3, 0.4) is 0 Å². The van der Waals surface area contributed by atoms with E-state index in [9.17, 15) is 24.0 Å². The molecule has 6 aromatic rings. The van der Waals surface area contributed by atoms with Crippen molar-refractivity contribution < 1.29 is 28.7 Å². The van der Waals surface area contributed by atoms with E-state index in [1.165, 1.54) is 4.88 Å². The average Bonchev–Trinajstić information content (AvgIpc) is 3.93. The second-order valence-electron chi connectivity index (χ2n) is 15.8. The molecule has 0 radical (unpaired) electrons. The lowest BCUT2D eigenvalue weighted by Gasteiger charge is -2.27. The monoisotopic (exact) mass is 912 g/mol. The van der Waals surface area contributed by atoms with E-state index in [1.54, 1.807) is 60.3 Å². The van der Waals surface area contributed by atoms with Gasteiger partial charge in [-0.25, -0.2) is 9.97 Å². The van der Waals surface area contributed by atoms with Gasteiger partial charge in [0.05, 0.1) is 42.6 Å². The average molecular weight is 913 g/mol. The number of amides is 5. The Labute approximate surface area is 383 Å². The number of fused-ring (bicyclic) bond motifs is 1. The molecule has 5 heterocycles. The molecule has 0 spiro atoms. The van der Waals surface area contributed by atoms with E-state index in [0.29, 0.717) is 53.5 Å². The summed E-state index contributed by atoms with van der Waals surface area (Å²) in [5, 5.41) is 19.0. The molecule has 65 heavy (non-hydrogen) atoms. The molecule has 2 aliphatic rings. The number of ether oxygens (including phenoxy) is 1. The van der Waals surface area contributed by atoms with Gasteiger partial charge < -0.3 is 15.4 Å². The first-order valence-electron chi connectivity index (χ1n) is 21.1. The summed E-state index contributed by atoms with van der Waals surface area (Å²) in [6, 6.07) is 20.0. The van der Waals surface area contributed by atoms with Crippen LogP contribution in [0.15, 0.2) is 90.2 Å². The molecule has 1 unspecified atom stereocenters. The van der Waals surface area contributed by atoms with Crippen molar-refractivity contribution >= 4 is 64.4 Å². The van der Waals surface area contributed by atoms with Gasteiger partial charge in [0.15, 0.2) is 17.4 Å². The molecule has 0 saturated carbocycles. The fourth-order valence-corrected chi connectivity index (χ4v) is 8.85. The third-order valence-electron chi connectivity index (χ3n) is 11.2. The largest absolute Gasteiger partial charge is 0.490 e. The highest BCUT2D eigenvalue weighted by Crippen LogP contribution is 2.33. The van der Waals surface area contributed by atoms with Crippen LogP contribution in [-0.4, -0.2) is 84.6 Å². The molecule has 0 aliphatic carbocycles. The fraction of sp³-hybridized carbons (Fsp3) is 0.277. The number of nitrogens with zero attached hydrogens (tertiary/aromatic N) is 7. The zero-order valence-corrected chi connectivity index (χ0v) is 37.6. The highest BCUT2D eigenvalue weighted by Gasteiger charge is 2.45. The number of carbonyl (C=O) groups excluding carboxylic acids is 5. The van der Waals surface area contributed by atoms with Gasteiger partial charge >= 0.3 is 0 Å². The van der Waals surface area contributed by atoms with Gasteiger partial charge in [0.2, 0.25) is 17.7 Å². The molecule has 5 amide bonds. The number of halogens is 1. The van der Waals surface area contributed by atoms with E-state index < -0.39 is 35.7 Å². The fourth-order valence-electron chi connectivity index (χ4n) is 7.63. The molecule has 8 rings (SSSR count). The number of hydrogen-bond acceptors (Lipinski definition) is 13. The summed E-state index contributed by atoms with van der Waals surface area (Å²) in [6.45, 7) is 8.70. The van der Waals surface area contributed by atoms with Gasteiger partial charge in [0.25, 0.3) is 11.8 Å². The highest BCUT2D eigenvalue weighted by atomic mass is 35.5. The van der Waals surface area contributed by atoms with Crippen molar-refractivity contribution in [3.05, 3.63) is 135 Å². The van der Waals surface area contributed by atoms with Crippen LogP contribution in [0.5, 0.6) is 5.75 Å². The zero-order chi connectivity index (χ0) is 45.8. The van der Waals surface area contributed by atoms with Crippen LogP contribution in [0.2, 0.25) is 5.02 Å². The van der Waals surface area contributed by atoms with Gasteiger partial charge in [-0.05, 0) is 87.6 Å². The number of piperidine rings is 1. The number of rotatable bonds is 16. The molecule has 16 nitrogen and oxygen atoms in total. The van der Waals surface area contributed by atoms with E-state index in [0.717, 1.165) is 32.2 Å². The number of benzene rings is 3. The molecule has 18 heteroatoms. The molecule has 3 aromatic heterocycles. The molecule has 1 fully saturated rings. The van der Waals surface area contributed by atoms with Crippen molar-refractivity contribution in [2.75, 3.05) is 18.5 Å². The van der Waals surface area contributed by atoms with Crippen molar-refractivity contribution in [2.24, 2.45) is 4.99 Å². The number of hydrogen-bond donors (Lipinski definition) is 3. The number of thiophene rings is 1. The standard InChI is InChI=1S/C47H45ClN10O6S/c1-26-21-41(65-28(26)3)57-29(4)55-56-44(57)37(50-23-30-9-15-33(48)16-10-30)22-40(60)53-27(2)31-11-13-32(14-12-31)43-51-24-34(25-52-43)64-20-6-19-49-36-8-5-7-35-42(36)47(63)58(46(35)62)38-17-18-39(59)54-45(38)61/h5,7-16,21,23-25,27,37-38,49H,6,17-20,22H2,1-4H3,(H,53,60)(H,54,59,61)/b50-23+/t27-,37-,38?/m0/s1. The maximum absolute atomic E-state index is 13.7. The minimum Gasteiger partial charge on any atom is -0.490 e. The van der Waals surface area contributed by atoms with Crippen LogP contribution in [-0.2, 0) is 14.4 Å². The summed E-state index contributed by atoms with van der Waals surface area (Å²) in [4.78, 5) is 80.2. The van der Waals surface area contributed by atoms with Crippen molar-refractivity contribution in [2.45, 2.75) is 71.5 Å². The van der Waals surface area contributed by atoms with Crippen LogP contribution in [0.1, 0.15) is 98.6 Å². The third-order valence-corrected chi connectivity index (χ3v) is 12.6. The SMILES string of the molecule is Cc1cc(-n2c(C)nnc2[C@H](CC(=O)N[C@@H](C)c2ccc(-c3ncc(OCCCNc4cccc5c4C(=O)N(C4CCC(=O)NC4=O)C5=O)cn3)cc2)/N=C/c2ccc(Cl)cc2)sc1C. The van der Waals surface area contributed by atoms with Gasteiger partial charge in [0.1, 0.15) is 22.9 Å². The first-order valence-corrected chi connectivity index (χ1v) is 22.2. The van der Waals surface area contributed by atoms with Crippen LogP contribution in [0.4, 0.5) is 5.69 Å². The van der Waals surface area contributed by atoms with Gasteiger partial charge in [-0.1, -0.05) is 54.1 Å². The Balaban J connectivity index is 0.841. The predicted octanol–water partition coefficient (Wildman–Crippen LogP) is 7.07. The number of anilines is 1. The summed E-state index contributed by atoms with van der Waals surface area (Å²) in [7, 11) is 0. The Morgan fingerprint density at radius 2 is 1.75 bits per heavy atom. The highest BCUT2D eigenvalue weighted by molar-refractivity contribution is 7.14. The number of aliphatic imine (C=N–C) groups is 1. The lowest BCUT2D eigenvalue weighted by molar-refractivity contribution is -0.136. The Hall–Kier alpha value is -7.11. The summed E-state index contributed by atoms with van der Waals surface area (Å²) in [6.07, 6.45) is 5.65. The van der Waals surface area contributed by atoms with E-state index >= 15 is 0 Å². The van der Waals surface area contributed by atoms with Crippen molar-refractivity contribution in [1.29, 1.82) is 0 Å². The predicted molar refractivity (Wildman–Crippen MR) is 246 cm³/mol. The number of aryl methyl sites for hydroxylation is 3. The van der Waals surface area contributed by atoms with Crippen molar-refractivity contribution in [1.82, 2.24) is 40.3 Å². The van der Waals surface area contributed by atoms with Gasteiger partial charge in [-0.15, -0.1) is 21.5 Å². The first kappa shape index (κ1) is 44.5. The molecule has 3 aromatic carbocycles. The lowest BCUT2D eigenvalue weighted by Crippen LogP contribution is -2.54. The second kappa shape index (κ2) is 19.3. The Kier molecular flexibility index (Phi) is 13.2. The number of imide groups is 2. The zero-order valence-electron chi connectivity index (χ0n) is 36.0.